The number of hydrogen-bond acceptors (Lipinski definition) is 1. The highest BCUT2D eigenvalue weighted by Crippen LogP contribution is 2.30. The standard InChI is InChI=1S/C25H29NO/c1-3-4-5-6-7-8-9-10-14-23-22-13-11-12-15-24(22)26-25(23)20-16-18-21(27-2)19-17-20/h11-13,15-19,26H,3-9H2,1-2H3. The van der Waals surface area contributed by atoms with Crippen molar-refractivity contribution in [1.82, 2.24) is 4.98 Å². The van der Waals surface area contributed by atoms with Crippen LogP contribution in [0.2, 0.25) is 0 Å². The highest BCUT2D eigenvalue weighted by atomic mass is 16.5. The summed E-state index contributed by atoms with van der Waals surface area (Å²) in [4.78, 5) is 3.55. The third-order valence-electron chi connectivity index (χ3n) is 4.95. The molecule has 2 aromatic carbocycles. The molecule has 0 radical (unpaired) electrons. The number of para-hydroxylation sites is 1. The normalized spacial score (nSPS) is 10.6. The second-order valence-electron chi connectivity index (χ2n) is 6.97. The first-order chi connectivity index (χ1) is 13.3. The maximum Gasteiger partial charge on any atom is 0.118 e. The third kappa shape index (κ3) is 4.95. The van der Waals surface area contributed by atoms with E-state index in [-0.39, 0.29) is 0 Å². The quantitative estimate of drug-likeness (QED) is 0.342. The van der Waals surface area contributed by atoms with Gasteiger partial charge >= 0.3 is 0 Å². The van der Waals surface area contributed by atoms with Crippen LogP contribution in [0.5, 0.6) is 5.75 Å². The highest BCUT2D eigenvalue weighted by molar-refractivity contribution is 5.93. The van der Waals surface area contributed by atoms with Gasteiger partial charge in [-0.25, -0.2) is 0 Å². The molecule has 1 N–H and O–H groups in total. The Hall–Kier alpha value is -2.66. The predicted octanol–water partition coefficient (Wildman–Crippen LogP) is 6.95. The van der Waals surface area contributed by atoms with Gasteiger partial charge in [-0.3, -0.25) is 0 Å². The van der Waals surface area contributed by atoms with Gasteiger partial charge in [-0.1, -0.05) is 69.1 Å². The molecule has 0 aliphatic rings. The lowest BCUT2D eigenvalue weighted by atomic mass is 10.0. The molecule has 140 valence electrons. The molecule has 0 unspecified atom stereocenters. The number of benzene rings is 2. The lowest BCUT2D eigenvalue weighted by molar-refractivity contribution is 0.415. The first-order valence-corrected chi connectivity index (χ1v) is 10.1. The minimum Gasteiger partial charge on any atom is -0.497 e. The Morgan fingerprint density at radius 1 is 0.889 bits per heavy atom. The summed E-state index contributed by atoms with van der Waals surface area (Å²) in [5, 5.41) is 1.19. The van der Waals surface area contributed by atoms with E-state index >= 15 is 0 Å². The van der Waals surface area contributed by atoms with Gasteiger partial charge < -0.3 is 9.72 Å². The molecule has 27 heavy (non-hydrogen) atoms. The first-order valence-electron chi connectivity index (χ1n) is 10.1. The average molecular weight is 360 g/mol. The van der Waals surface area contributed by atoms with Crippen LogP contribution in [-0.2, 0) is 0 Å². The number of fused-ring (bicyclic) bond motifs is 1. The van der Waals surface area contributed by atoms with E-state index in [4.69, 9.17) is 4.74 Å². The lowest BCUT2D eigenvalue weighted by Gasteiger charge is -2.03. The van der Waals surface area contributed by atoms with Gasteiger partial charge in [0, 0.05) is 17.3 Å². The number of unbranched alkanes of at least 4 members (excludes halogenated alkanes) is 6. The number of hydrogen-bond donors (Lipinski definition) is 1. The Morgan fingerprint density at radius 2 is 1.63 bits per heavy atom. The molecule has 2 nitrogen and oxygen atoms in total. The van der Waals surface area contributed by atoms with Crippen molar-refractivity contribution >= 4 is 10.9 Å². The second kappa shape index (κ2) is 9.88. The minimum absolute atomic E-state index is 0.866. The molecule has 0 aliphatic heterocycles. The van der Waals surface area contributed by atoms with E-state index in [1.807, 2.05) is 12.1 Å². The van der Waals surface area contributed by atoms with Gasteiger partial charge in [0.2, 0.25) is 0 Å². The van der Waals surface area contributed by atoms with Gasteiger partial charge in [0.25, 0.3) is 0 Å². The van der Waals surface area contributed by atoms with Crippen LogP contribution in [0.15, 0.2) is 48.5 Å². The first kappa shape index (κ1) is 19.1. The molecular formula is C25H29NO. The van der Waals surface area contributed by atoms with Gasteiger partial charge in [0.1, 0.15) is 5.75 Å². The Labute approximate surface area is 163 Å². The highest BCUT2D eigenvalue weighted by Gasteiger charge is 2.11. The van der Waals surface area contributed by atoms with E-state index in [2.05, 4.69) is 60.1 Å². The van der Waals surface area contributed by atoms with Crippen molar-refractivity contribution in [3.8, 4) is 28.8 Å². The van der Waals surface area contributed by atoms with Gasteiger partial charge in [-0.2, -0.15) is 0 Å². The maximum absolute atomic E-state index is 5.28. The van der Waals surface area contributed by atoms with Crippen molar-refractivity contribution in [3.05, 3.63) is 54.1 Å². The summed E-state index contributed by atoms with van der Waals surface area (Å²) in [6.07, 6.45) is 8.78. The summed E-state index contributed by atoms with van der Waals surface area (Å²) in [6.45, 7) is 2.26. The molecule has 3 rings (SSSR count). The van der Waals surface area contributed by atoms with Crippen molar-refractivity contribution in [2.24, 2.45) is 0 Å². The van der Waals surface area contributed by atoms with Gasteiger partial charge in [-0.05, 0) is 42.3 Å². The van der Waals surface area contributed by atoms with E-state index in [9.17, 15) is 0 Å². The van der Waals surface area contributed by atoms with Crippen molar-refractivity contribution in [2.75, 3.05) is 7.11 Å². The van der Waals surface area contributed by atoms with E-state index in [0.29, 0.717) is 0 Å². The van der Waals surface area contributed by atoms with Crippen LogP contribution < -0.4 is 4.74 Å². The number of ether oxygens (including phenoxy) is 1. The van der Waals surface area contributed by atoms with Crippen molar-refractivity contribution in [1.29, 1.82) is 0 Å². The third-order valence-corrected chi connectivity index (χ3v) is 4.95. The molecule has 0 spiro atoms. The molecule has 0 saturated carbocycles. The molecule has 0 atom stereocenters. The van der Waals surface area contributed by atoms with Crippen LogP contribution in [0.4, 0.5) is 0 Å². The predicted molar refractivity (Wildman–Crippen MR) is 115 cm³/mol. The number of rotatable bonds is 8. The number of aromatic nitrogens is 1. The van der Waals surface area contributed by atoms with Gasteiger partial charge in [-0.15, -0.1) is 0 Å². The fourth-order valence-electron chi connectivity index (χ4n) is 3.39. The minimum atomic E-state index is 0.866. The Balaban J connectivity index is 1.78. The molecule has 0 aliphatic carbocycles. The molecule has 1 heterocycles. The summed E-state index contributed by atoms with van der Waals surface area (Å²) >= 11 is 0. The largest absolute Gasteiger partial charge is 0.497 e. The van der Waals surface area contributed by atoms with Gasteiger partial charge in [0.15, 0.2) is 0 Å². The van der Waals surface area contributed by atoms with Crippen LogP contribution in [0.3, 0.4) is 0 Å². The molecule has 0 fully saturated rings. The number of nitrogens with one attached hydrogen (secondary N) is 1. The van der Waals surface area contributed by atoms with Gasteiger partial charge in [0.05, 0.1) is 18.4 Å². The molecule has 0 amide bonds. The molecule has 0 saturated heterocycles. The fourth-order valence-corrected chi connectivity index (χ4v) is 3.39. The zero-order chi connectivity index (χ0) is 18.9. The topological polar surface area (TPSA) is 25.0 Å². The van der Waals surface area contributed by atoms with E-state index in [1.165, 1.54) is 43.9 Å². The molecule has 2 heteroatoms. The van der Waals surface area contributed by atoms with Crippen LogP contribution in [0, 0.1) is 11.8 Å². The average Bonchev–Trinajstić information content (AvgIpc) is 3.09. The van der Waals surface area contributed by atoms with Crippen LogP contribution in [0.1, 0.15) is 57.4 Å². The molecule has 3 aromatic rings. The summed E-state index contributed by atoms with van der Waals surface area (Å²) in [6, 6.07) is 16.6. The van der Waals surface area contributed by atoms with E-state index < -0.39 is 0 Å². The SMILES string of the molecule is CCCCCCCCC#Cc1c(-c2ccc(OC)cc2)[nH]c2ccccc12. The second-order valence-corrected chi connectivity index (χ2v) is 6.97. The molecule has 0 bridgehead atoms. The van der Waals surface area contributed by atoms with Crippen molar-refractivity contribution in [3.63, 3.8) is 0 Å². The zero-order valence-electron chi connectivity index (χ0n) is 16.5. The monoisotopic (exact) mass is 359 g/mol. The molecule has 1 aromatic heterocycles. The number of methoxy groups -OCH3 is 1. The molecular weight excluding hydrogens is 330 g/mol. The zero-order valence-corrected chi connectivity index (χ0v) is 16.5. The van der Waals surface area contributed by atoms with Crippen LogP contribution >= 0.6 is 0 Å². The summed E-state index contributed by atoms with van der Waals surface area (Å²) < 4.78 is 5.28. The maximum atomic E-state index is 5.28. The lowest BCUT2D eigenvalue weighted by Crippen LogP contribution is -1.85. The summed E-state index contributed by atoms with van der Waals surface area (Å²) in [7, 11) is 1.69. The fraction of sp³-hybridized carbons (Fsp3) is 0.360. The van der Waals surface area contributed by atoms with E-state index in [0.717, 1.165) is 34.5 Å². The van der Waals surface area contributed by atoms with Crippen LogP contribution in [0.25, 0.3) is 22.2 Å². The summed E-state index contributed by atoms with van der Waals surface area (Å²) in [5.74, 6) is 7.73. The Morgan fingerprint density at radius 3 is 2.41 bits per heavy atom. The van der Waals surface area contributed by atoms with Crippen molar-refractivity contribution < 1.29 is 4.74 Å². The van der Waals surface area contributed by atoms with Crippen molar-refractivity contribution in [2.45, 2.75) is 51.9 Å². The Bertz CT molecular complexity index is 909. The van der Waals surface area contributed by atoms with E-state index in [1.54, 1.807) is 7.11 Å². The van der Waals surface area contributed by atoms with Crippen LogP contribution in [-0.4, -0.2) is 12.1 Å². The Kier molecular flexibility index (Phi) is 6.99. The number of H-pyrrole nitrogens is 1. The smallest absolute Gasteiger partial charge is 0.118 e. The summed E-state index contributed by atoms with van der Waals surface area (Å²) in [5.41, 5.74) is 4.46. The number of aromatic amines is 1.